The Labute approximate surface area is 546 Å². The number of carbonyl (C=O) groups is 5. The van der Waals surface area contributed by atoms with Crippen LogP contribution in [0.3, 0.4) is 0 Å². The van der Waals surface area contributed by atoms with Crippen molar-refractivity contribution < 1.29 is 33.4 Å². The van der Waals surface area contributed by atoms with Crippen molar-refractivity contribution in [2.45, 2.75) is 250 Å². The number of likely N-dealkylation sites (tertiary alicyclic amines) is 1. The van der Waals surface area contributed by atoms with E-state index in [9.17, 15) is 0 Å². The minimum absolute atomic E-state index is 0.0307. The minimum Gasteiger partial charge on any atom is -0.469 e. The van der Waals surface area contributed by atoms with Crippen LogP contribution in [0.25, 0.3) is 0 Å². The van der Waals surface area contributed by atoms with E-state index in [4.69, 9.17) is 20.9 Å². The van der Waals surface area contributed by atoms with E-state index >= 15 is 24.0 Å². The number of rotatable bonds is 15. The molecule has 92 heavy (non-hydrogen) atoms. The number of hydrogen-bond donors (Lipinski definition) is 5. The third-order valence-electron chi connectivity index (χ3n) is 28.5. The molecule has 4 amide bonds. The summed E-state index contributed by atoms with van der Waals surface area (Å²) >= 11 is 0. The third kappa shape index (κ3) is 9.87. The molecule has 14 aliphatic carbocycles. The van der Waals surface area contributed by atoms with Gasteiger partial charge in [0.2, 0.25) is 23.6 Å². The second-order valence-corrected chi connectivity index (χ2v) is 35.2. The molecule has 0 aromatic heterocycles. The van der Waals surface area contributed by atoms with Crippen molar-refractivity contribution in [3.05, 3.63) is 107 Å². The van der Waals surface area contributed by atoms with E-state index in [1.807, 2.05) is 0 Å². The number of morpholine rings is 1. The van der Waals surface area contributed by atoms with E-state index in [0.717, 1.165) is 167 Å². The molecule has 3 aromatic rings. The average molecular weight is 1250 g/mol. The molecule has 7 N–H and O–H groups in total. The number of esters is 1. The molecule has 494 valence electrons. The van der Waals surface area contributed by atoms with Gasteiger partial charge in [-0.2, -0.15) is 0 Å². The predicted molar refractivity (Wildman–Crippen MR) is 354 cm³/mol. The van der Waals surface area contributed by atoms with Crippen molar-refractivity contribution in [3.63, 3.8) is 0 Å². The molecule has 2 heterocycles. The molecule has 14 saturated carbocycles. The van der Waals surface area contributed by atoms with Crippen molar-refractivity contribution in [3.8, 4) is 0 Å². The van der Waals surface area contributed by atoms with Gasteiger partial charge in [-0.1, -0.05) is 78.9 Å². The normalized spacial score (nSPS) is 42.4. The van der Waals surface area contributed by atoms with Crippen LogP contribution >= 0.6 is 0 Å². The maximum Gasteiger partial charge on any atom is 0.311 e. The first kappa shape index (κ1) is 61.7. The topological polar surface area (TPSA) is 198 Å². The van der Waals surface area contributed by atoms with Crippen molar-refractivity contribution >= 4 is 29.6 Å². The predicted octanol–water partition coefficient (Wildman–Crippen LogP) is 10.4. The molecule has 16 aliphatic rings. The molecule has 12 unspecified atom stereocenters. The Hall–Kier alpha value is -5.15. The number of ether oxygens (including phenoxy) is 2. The SMILES string of the molecule is COC(=O)C12CC3(C(=O)NC4CCC(N)CC4)CC(c4ccc(C56CC7CC(C(=O)NC8CCC(N)CC8)(CC(C(=O)N8CCCC8)(C7)C5)C6)cc4)(C1)CC(c1ccc(C45CC6CC(C(=O)NCC(C)(C)N7CCOCC7)(CC(c7ccccc7)(C6)C4)C5)cc1)(C3)C2. The number of nitrogens with zero attached hydrogens (tertiary/aromatic N) is 2. The summed E-state index contributed by atoms with van der Waals surface area (Å²) in [5.41, 5.74) is 13.7. The summed E-state index contributed by atoms with van der Waals surface area (Å²) in [6.07, 6.45) is 23.5. The molecule has 19 rings (SSSR count). The van der Waals surface area contributed by atoms with Gasteiger partial charge in [-0.25, -0.2) is 0 Å². The van der Waals surface area contributed by atoms with E-state index < -0.39 is 37.9 Å². The zero-order valence-electron chi connectivity index (χ0n) is 55.6. The van der Waals surface area contributed by atoms with E-state index in [-0.39, 0.29) is 81.5 Å². The zero-order valence-corrected chi connectivity index (χ0v) is 55.6. The van der Waals surface area contributed by atoms with Crippen LogP contribution in [0.5, 0.6) is 0 Å². The lowest BCUT2D eigenvalue weighted by Gasteiger charge is -2.69. The van der Waals surface area contributed by atoms with Crippen LogP contribution in [0.2, 0.25) is 0 Å². The fourth-order valence-corrected chi connectivity index (χ4v) is 25.9. The number of benzene rings is 3. The summed E-state index contributed by atoms with van der Waals surface area (Å²) < 4.78 is 11.7. The Morgan fingerprint density at radius 2 is 0.880 bits per heavy atom. The van der Waals surface area contributed by atoms with Crippen molar-refractivity contribution in [2.24, 2.45) is 50.4 Å². The first-order valence-corrected chi connectivity index (χ1v) is 36.5. The Bertz CT molecular complexity index is 3390. The van der Waals surface area contributed by atoms with Crippen LogP contribution in [0.4, 0.5) is 0 Å². The quantitative estimate of drug-likeness (QED) is 0.0913. The van der Waals surface area contributed by atoms with Gasteiger partial charge in [-0.05, 0) is 260 Å². The van der Waals surface area contributed by atoms with E-state index in [0.29, 0.717) is 64.2 Å². The highest BCUT2D eigenvalue weighted by Gasteiger charge is 2.74. The van der Waals surface area contributed by atoms with Gasteiger partial charge in [0.1, 0.15) is 0 Å². The lowest BCUT2D eigenvalue weighted by Crippen LogP contribution is -2.69. The highest BCUT2D eigenvalue weighted by molar-refractivity contribution is 5.90. The Morgan fingerprint density at radius 1 is 0.478 bits per heavy atom. The molecular formula is C78H105N7O7. The minimum atomic E-state index is -0.906. The fourth-order valence-electron chi connectivity index (χ4n) is 25.9. The molecule has 12 atom stereocenters. The summed E-state index contributed by atoms with van der Waals surface area (Å²) in [5, 5.41) is 10.9. The summed E-state index contributed by atoms with van der Waals surface area (Å²) in [6.45, 7) is 9.87. The largest absolute Gasteiger partial charge is 0.469 e. The molecule has 2 aliphatic heterocycles. The molecule has 12 bridgehead atoms. The van der Waals surface area contributed by atoms with Gasteiger partial charge in [0.25, 0.3) is 0 Å². The van der Waals surface area contributed by atoms with E-state index in [1.165, 1.54) is 34.9 Å². The smallest absolute Gasteiger partial charge is 0.311 e. The highest BCUT2D eigenvalue weighted by atomic mass is 16.5. The van der Waals surface area contributed by atoms with Gasteiger partial charge in [-0.3, -0.25) is 28.9 Å². The van der Waals surface area contributed by atoms with Crippen LogP contribution in [0.15, 0.2) is 78.9 Å². The number of nitrogens with two attached hydrogens (primary N) is 2. The monoisotopic (exact) mass is 1250 g/mol. The van der Waals surface area contributed by atoms with Gasteiger partial charge in [0.05, 0.1) is 47.4 Å². The van der Waals surface area contributed by atoms with Crippen LogP contribution in [-0.4, -0.2) is 122 Å². The summed E-state index contributed by atoms with van der Waals surface area (Å²) in [7, 11) is 1.54. The number of carbonyl (C=O) groups excluding carboxylic acids is 5. The van der Waals surface area contributed by atoms with Crippen molar-refractivity contribution in [1.29, 1.82) is 0 Å². The van der Waals surface area contributed by atoms with Crippen LogP contribution in [-0.2, 0) is 60.5 Å². The molecule has 14 nitrogen and oxygen atoms in total. The third-order valence-corrected chi connectivity index (χ3v) is 28.5. The number of amides is 4. The van der Waals surface area contributed by atoms with Crippen LogP contribution in [0, 0.1) is 38.9 Å². The van der Waals surface area contributed by atoms with Crippen molar-refractivity contribution in [1.82, 2.24) is 25.8 Å². The van der Waals surface area contributed by atoms with Gasteiger partial charge >= 0.3 is 5.97 Å². The first-order chi connectivity index (χ1) is 44.1. The standard InChI is InChI=1S/C78H105N7O7/c1-68(2,85-29-31-92-32-30-85)51-81-63(86)72-36-52-33-69(40-72,54-9-5-4-6-10-54)39-70(34-52,41-72)55-11-15-57(16-12-55)75-45-76(47-77(46-75,50-78(48-75,49-76)67(90)91-3)65(88)83-62-25-21-60(80)22-26-62)58-17-13-56(14-18-58)71-35-53-37-73(42-71,64(87)82-61-23-19-59(79)20-24-61)44-74(38-53,43-71)66(89)84-27-7-8-28-84/h4-6,9-18,52-53,59-62H,7-8,19-51,79-80H2,1-3H3,(H,81,86)(H,82,87)(H,83,88). The first-order valence-electron chi connectivity index (χ1n) is 36.5. The summed E-state index contributed by atoms with van der Waals surface area (Å²) in [6, 6.07) is 30.7. The summed E-state index contributed by atoms with van der Waals surface area (Å²) in [5.74, 6) is 1.19. The number of hydrogen-bond acceptors (Lipinski definition) is 10. The Balaban J connectivity index is 0.757. The lowest BCUT2D eigenvalue weighted by molar-refractivity contribution is -0.191. The van der Waals surface area contributed by atoms with Gasteiger partial charge in [-0.15, -0.1) is 0 Å². The number of nitrogens with one attached hydrogen (secondary N) is 3. The highest BCUT2D eigenvalue weighted by Crippen LogP contribution is 2.77. The fraction of sp³-hybridized carbons (Fsp3) is 0.705. The molecule has 2 saturated heterocycles. The molecule has 0 spiro atoms. The molecule has 16 fully saturated rings. The van der Waals surface area contributed by atoms with Gasteiger partial charge < -0.3 is 41.8 Å². The molecule has 0 radical (unpaired) electrons. The second-order valence-electron chi connectivity index (χ2n) is 35.2. The lowest BCUT2D eigenvalue weighted by atomic mass is 9.33. The van der Waals surface area contributed by atoms with Gasteiger partial charge in [0.15, 0.2) is 0 Å². The molecular weight excluding hydrogens is 1150 g/mol. The molecule has 3 aromatic carbocycles. The Morgan fingerprint density at radius 3 is 1.40 bits per heavy atom. The van der Waals surface area contributed by atoms with Crippen LogP contribution in [0.1, 0.15) is 221 Å². The summed E-state index contributed by atoms with van der Waals surface area (Å²) in [4.78, 5) is 81.4. The van der Waals surface area contributed by atoms with Crippen molar-refractivity contribution in [2.75, 3.05) is 53.0 Å². The second kappa shape index (κ2) is 21.9. The molecule has 14 heteroatoms. The maximum absolute atomic E-state index is 15.9. The van der Waals surface area contributed by atoms with E-state index in [2.05, 4.69) is 118 Å². The number of methoxy groups -OCH3 is 1. The van der Waals surface area contributed by atoms with E-state index in [1.54, 1.807) is 0 Å². The zero-order chi connectivity index (χ0) is 63.4. The van der Waals surface area contributed by atoms with Gasteiger partial charge in [0, 0.05) is 62.4 Å². The Kier molecular flexibility index (Phi) is 14.7. The van der Waals surface area contributed by atoms with Crippen LogP contribution < -0.4 is 27.4 Å². The average Bonchev–Trinajstić information content (AvgIpc) is 0.715. The maximum atomic E-state index is 15.9.